The van der Waals surface area contributed by atoms with Gasteiger partial charge in [0.1, 0.15) is 0 Å². The zero-order valence-corrected chi connectivity index (χ0v) is 10.8. The van der Waals surface area contributed by atoms with Crippen molar-refractivity contribution < 1.29 is 4.79 Å². The molecular formula is C12H22N4O. The quantitative estimate of drug-likeness (QED) is 0.780. The smallest absolute Gasteiger partial charge is 0.237 e. The number of carbonyl (C=O) groups is 1. The summed E-state index contributed by atoms with van der Waals surface area (Å²) in [7, 11) is 1.85. The first kappa shape index (κ1) is 13.7. The van der Waals surface area contributed by atoms with Gasteiger partial charge in [-0.3, -0.25) is 9.48 Å². The third kappa shape index (κ3) is 4.19. The molecule has 2 atom stereocenters. The summed E-state index contributed by atoms with van der Waals surface area (Å²) in [5.41, 5.74) is 6.79. The minimum Gasteiger partial charge on any atom is -0.348 e. The highest BCUT2D eigenvalue weighted by molar-refractivity contribution is 5.81. The molecule has 0 aromatic carbocycles. The topological polar surface area (TPSA) is 72.9 Å². The third-order valence-corrected chi connectivity index (χ3v) is 2.79. The molecule has 96 valence electrons. The van der Waals surface area contributed by atoms with Crippen LogP contribution < -0.4 is 11.1 Å². The molecule has 1 amide bonds. The van der Waals surface area contributed by atoms with Gasteiger partial charge in [0.05, 0.1) is 18.3 Å². The Bertz CT molecular complexity index is 361. The van der Waals surface area contributed by atoms with E-state index in [9.17, 15) is 4.79 Å². The van der Waals surface area contributed by atoms with Crippen molar-refractivity contribution in [2.75, 3.05) is 0 Å². The van der Waals surface area contributed by atoms with Crippen LogP contribution in [-0.2, 0) is 11.8 Å². The van der Waals surface area contributed by atoms with Crippen LogP contribution in [-0.4, -0.2) is 21.7 Å². The van der Waals surface area contributed by atoms with Crippen molar-refractivity contribution in [3.63, 3.8) is 0 Å². The van der Waals surface area contributed by atoms with E-state index in [1.165, 1.54) is 0 Å². The van der Waals surface area contributed by atoms with Crippen molar-refractivity contribution >= 4 is 5.91 Å². The molecule has 5 nitrogen and oxygen atoms in total. The van der Waals surface area contributed by atoms with Gasteiger partial charge < -0.3 is 11.1 Å². The molecule has 17 heavy (non-hydrogen) atoms. The van der Waals surface area contributed by atoms with Crippen LogP contribution in [0.4, 0.5) is 0 Å². The number of hydrogen-bond donors (Lipinski definition) is 2. The second kappa shape index (κ2) is 6.39. The fourth-order valence-electron chi connectivity index (χ4n) is 1.62. The van der Waals surface area contributed by atoms with Crippen LogP contribution in [0, 0.1) is 0 Å². The summed E-state index contributed by atoms with van der Waals surface area (Å²) in [6, 6.07) is -0.460. The van der Waals surface area contributed by atoms with E-state index in [2.05, 4.69) is 17.3 Å². The number of carbonyl (C=O) groups excluding carboxylic acids is 1. The van der Waals surface area contributed by atoms with Gasteiger partial charge in [-0.25, -0.2) is 0 Å². The van der Waals surface area contributed by atoms with Crippen LogP contribution in [0.3, 0.4) is 0 Å². The molecule has 0 aliphatic carbocycles. The number of aromatic nitrogens is 2. The lowest BCUT2D eigenvalue weighted by Gasteiger charge is -2.16. The van der Waals surface area contributed by atoms with Gasteiger partial charge in [-0.15, -0.1) is 0 Å². The van der Waals surface area contributed by atoms with E-state index in [1.54, 1.807) is 10.9 Å². The summed E-state index contributed by atoms with van der Waals surface area (Å²) in [6.45, 7) is 4.02. The number of amides is 1. The number of nitrogens with one attached hydrogen (secondary N) is 1. The highest BCUT2D eigenvalue weighted by Gasteiger charge is 2.16. The fourth-order valence-corrected chi connectivity index (χ4v) is 1.62. The van der Waals surface area contributed by atoms with Gasteiger partial charge >= 0.3 is 0 Å². The Morgan fingerprint density at radius 3 is 2.88 bits per heavy atom. The van der Waals surface area contributed by atoms with Crippen LogP contribution in [0.5, 0.6) is 0 Å². The number of aryl methyl sites for hydroxylation is 1. The maximum Gasteiger partial charge on any atom is 0.237 e. The molecule has 3 N–H and O–H groups in total. The van der Waals surface area contributed by atoms with E-state index in [0.29, 0.717) is 0 Å². The first-order valence-corrected chi connectivity index (χ1v) is 6.09. The first-order chi connectivity index (χ1) is 8.04. The Labute approximate surface area is 102 Å². The first-order valence-electron chi connectivity index (χ1n) is 6.09. The predicted octanol–water partition coefficient (Wildman–Crippen LogP) is 1.11. The second-order valence-corrected chi connectivity index (χ2v) is 4.43. The normalized spacial score (nSPS) is 14.4. The molecule has 5 heteroatoms. The third-order valence-electron chi connectivity index (χ3n) is 2.79. The van der Waals surface area contributed by atoms with E-state index in [4.69, 9.17) is 5.73 Å². The summed E-state index contributed by atoms with van der Waals surface area (Å²) >= 11 is 0. The molecule has 0 aliphatic rings. The van der Waals surface area contributed by atoms with Crippen LogP contribution in [0.15, 0.2) is 12.4 Å². The number of hydrogen-bond acceptors (Lipinski definition) is 3. The summed E-state index contributed by atoms with van der Waals surface area (Å²) < 4.78 is 1.72. The van der Waals surface area contributed by atoms with Crippen molar-refractivity contribution in [2.45, 2.75) is 45.2 Å². The lowest BCUT2D eigenvalue weighted by Crippen LogP contribution is -2.41. The largest absolute Gasteiger partial charge is 0.348 e. The Morgan fingerprint density at radius 2 is 2.35 bits per heavy atom. The molecule has 0 radical (unpaired) electrons. The minimum absolute atomic E-state index is 0.0520. The van der Waals surface area contributed by atoms with Crippen molar-refractivity contribution in [3.8, 4) is 0 Å². The monoisotopic (exact) mass is 238 g/mol. The second-order valence-electron chi connectivity index (χ2n) is 4.43. The molecule has 0 aliphatic heterocycles. The summed E-state index contributed by atoms with van der Waals surface area (Å²) in [5.74, 6) is -0.0881. The summed E-state index contributed by atoms with van der Waals surface area (Å²) in [6.07, 6.45) is 6.42. The Morgan fingerprint density at radius 1 is 1.65 bits per heavy atom. The lowest BCUT2D eigenvalue weighted by molar-refractivity contribution is -0.123. The number of rotatable bonds is 6. The number of nitrogens with two attached hydrogens (primary N) is 1. The Kier molecular flexibility index (Phi) is 5.15. The predicted molar refractivity (Wildman–Crippen MR) is 67.3 cm³/mol. The SMILES string of the molecule is CCCCC(N)C(=O)NC(C)c1cnn(C)c1. The van der Waals surface area contributed by atoms with Crippen LogP contribution >= 0.6 is 0 Å². The highest BCUT2D eigenvalue weighted by atomic mass is 16.2. The summed E-state index contributed by atoms with van der Waals surface area (Å²) in [5, 5.41) is 6.97. The van der Waals surface area contributed by atoms with E-state index in [1.807, 2.05) is 20.2 Å². The van der Waals surface area contributed by atoms with Crippen molar-refractivity contribution in [1.82, 2.24) is 15.1 Å². The molecule has 0 fully saturated rings. The van der Waals surface area contributed by atoms with E-state index in [0.717, 1.165) is 24.8 Å². The van der Waals surface area contributed by atoms with Crippen LogP contribution in [0.25, 0.3) is 0 Å². The van der Waals surface area contributed by atoms with Gasteiger partial charge in [-0.1, -0.05) is 19.8 Å². The van der Waals surface area contributed by atoms with Crippen molar-refractivity contribution in [1.29, 1.82) is 0 Å². The molecule has 0 saturated heterocycles. The van der Waals surface area contributed by atoms with Gasteiger partial charge in [-0.2, -0.15) is 5.10 Å². The van der Waals surface area contributed by atoms with Gasteiger partial charge in [0, 0.05) is 18.8 Å². The molecule has 1 aromatic rings. The molecule has 0 spiro atoms. The molecule has 2 unspecified atom stereocenters. The average molecular weight is 238 g/mol. The zero-order valence-electron chi connectivity index (χ0n) is 10.8. The molecular weight excluding hydrogens is 216 g/mol. The molecule has 1 rings (SSSR count). The Hall–Kier alpha value is -1.36. The average Bonchev–Trinajstić information content (AvgIpc) is 2.72. The van der Waals surface area contributed by atoms with E-state index >= 15 is 0 Å². The van der Waals surface area contributed by atoms with Crippen LogP contribution in [0.1, 0.15) is 44.7 Å². The molecule has 0 bridgehead atoms. The van der Waals surface area contributed by atoms with Gasteiger partial charge in [0.15, 0.2) is 0 Å². The molecule has 1 heterocycles. The maximum absolute atomic E-state index is 11.8. The zero-order chi connectivity index (χ0) is 12.8. The number of unbranched alkanes of at least 4 members (excludes halogenated alkanes) is 1. The van der Waals surface area contributed by atoms with Crippen LogP contribution in [0.2, 0.25) is 0 Å². The van der Waals surface area contributed by atoms with E-state index in [-0.39, 0.29) is 11.9 Å². The van der Waals surface area contributed by atoms with Crippen molar-refractivity contribution in [3.05, 3.63) is 18.0 Å². The summed E-state index contributed by atoms with van der Waals surface area (Å²) in [4.78, 5) is 11.8. The Balaban J connectivity index is 2.45. The van der Waals surface area contributed by atoms with Gasteiger partial charge in [-0.05, 0) is 13.3 Å². The van der Waals surface area contributed by atoms with Gasteiger partial charge in [0.2, 0.25) is 5.91 Å². The lowest BCUT2D eigenvalue weighted by atomic mass is 10.1. The van der Waals surface area contributed by atoms with Gasteiger partial charge in [0.25, 0.3) is 0 Å². The highest BCUT2D eigenvalue weighted by Crippen LogP contribution is 2.10. The minimum atomic E-state index is -0.408. The maximum atomic E-state index is 11.8. The molecule has 1 aromatic heterocycles. The van der Waals surface area contributed by atoms with Crippen molar-refractivity contribution in [2.24, 2.45) is 12.8 Å². The standard InChI is InChI=1S/C12H22N4O/c1-4-5-6-11(13)12(17)15-9(2)10-7-14-16(3)8-10/h7-9,11H,4-6,13H2,1-3H3,(H,15,17). The fraction of sp³-hybridized carbons (Fsp3) is 0.667. The number of nitrogens with zero attached hydrogens (tertiary/aromatic N) is 2. The molecule has 0 saturated carbocycles. The van der Waals surface area contributed by atoms with E-state index < -0.39 is 6.04 Å².